The van der Waals surface area contributed by atoms with Crippen molar-refractivity contribution in [2.24, 2.45) is 0 Å². The van der Waals surface area contributed by atoms with Crippen LogP contribution in [0.5, 0.6) is 17.2 Å². The second kappa shape index (κ2) is 8.09. The average Bonchev–Trinajstić information content (AvgIpc) is 2.59. The minimum Gasteiger partial charge on any atom is -0.496 e. The number of halogens is 1. The fourth-order valence-corrected chi connectivity index (χ4v) is 2.74. The summed E-state index contributed by atoms with van der Waals surface area (Å²) in [7, 11) is 4.88. The van der Waals surface area contributed by atoms with E-state index in [1.165, 1.54) is 0 Å². The van der Waals surface area contributed by atoms with Crippen LogP contribution < -0.4 is 19.5 Å². The minimum atomic E-state index is 0.0974. The predicted molar refractivity (Wildman–Crippen MR) is 92.8 cm³/mol. The first-order chi connectivity index (χ1) is 11.1. The van der Waals surface area contributed by atoms with Crippen molar-refractivity contribution in [2.45, 2.75) is 19.5 Å². The zero-order valence-electron chi connectivity index (χ0n) is 13.9. The lowest BCUT2D eigenvalue weighted by Gasteiger charge is -2.19. The molecule has 0 fully saturated rings. The van der Waals surface area contributed by atoms with Gasteiger partial charge >= 0.3 is 0 Å². The van der Waals surface area contributed by atoms with E-state index in [2.05, 4.69) is 12.2 Å². The van der Waals surface area contributed by atoms with Gasteiger partial charge in [0.2, 0.25) is 0 Å². The topological polar surface area (TPSA) is 39.7 Å². The lowest BCUT2D eigenvalue weighted by molar-refractivity contribution is 0.365. The molecular weight excluding hydrogens is 314 g/mol. The molecule has 0 saturated heterocycles. The summed E-state index contributed by atoms with van der Waals surface area (Å²) in [6, 6.07) is 11.6. The van der Waals surface area contributed by atoms with Gasteiger partial charge in [0.05, 0.1) is 26.9 Å². The van der Waals surface area contributed by atoms with E-state index in [1.54, 1.807) is 21.3 Å². The zero-order valence-corrected chi connectivity index (χ0v) is 14.6. The fraction of sp³-hybridized carbons (Fsp3) is 0.333. The maximum atomic E-state index is 6.25. The third-order valence-electron chi connectivity index (χ3n) is 3.77. The Balaban J connectivity index is 2.21. The molecule has 0 radical (unpaired) electrons. The quantitative estimate of drug-likeness (QED) is 0.822. The van der Waals surface area contributed by atoms with Gasteiger partial charge < -0.3 is 19.5 Å². The molecule has 0 aromatic heterocycles. The standard InChI is InChI=1S/C18H22ClNO3/c1-12(14-7-5-6-8-16(14)19)20-11-15-17(22-3)9-13(21-2)10-18(15)23-4/h5-10,12,20H,11H2,1-4H3. The fourth-order valence-electron chi connectivity index (χ4n) is 2.44. The smallest absolute Gasteiger partial charge is 0.130 e. The lowest BCUT2D eigenvalue weighted by Crippen LogP contribution is -2.19. The van der Waals surface area contributed by atoms with Crippen LogP contribution in [0.25, 0.3) is 0 Å². The Bertz CT molecular complexity index is 635. The van der Waals surface area contributed by atoms with Crippen LogP contribution in [0.3, 0.4) is 0 Å². The highest BCUT2D eigenvalue weighted by molar-refractivity contribution is 6.31. The number of benzene rings is 2. The molecule has 4 nitrogen and oxygen atoms in total. The molecular formula is C18H22ClNO3. The normalized spacial score (nSPS) is 11.9. The summed E-state index contributed by atoms with van der Waals surface area (Å²) in [4.78, 5) is 0. The molecule has 0 spiro atoms. The Morgan fingerprint density at radius 1 is 1.00 bits per heavy atom. The van der Waals surface area contributed by atoms with Gasteiger partial charge in [-0.1, -0.05) is 29.8 Å². The second-order valence-electron chi connectivity index (χ2n) is 5.13. The van der Waals surface area contributed by atoms with Crippen molar-refractivity contribution in [2.75, 3.05) is 21.3 Å². The molecule has 2 rings (SSSR count). The Morgan fingerprint density at radius 2 is 1.61 bits per heavy atom. The number of rotatable bonds is 7. The van der Waals surface area contributed by atoms with Gasteiger partial charge in [0, 0.05) is 29.7 Å². The molecule has 0 bridgehead atoms. The van der Waals surface area contributed by atoms with Gasteiger partial charge in [-0.2, -0.15) is 0 Å². The third-order valence-corrected chi connectivity index (χ3v) is 4.12. The van der Waals surface area contributed by atoms with Crippen molar-refractivity contribution in [3.63, 3.8) is 0 Å². The molecule has 0 heterocycles. The maximum absolute atomic E-state index is 6.25. The predicted octanol–water partition coefficient (Wildman–Crippen LogP) is 4.22. The first-order valence-corrected chi connectivity index (χ1v) is 7.75. The van der Waals surface area contributed by atoms with E-state index in [-0.39, 0.29) is 6.04 Å². The van der Waals surface area contributed by atoms with E-state index in [0.717, 1.165) is 27.6 Å². The molecule has 1 unspecified atom stereocenters. The van der Waals surface area contributed by atoms with Crippen LogP contribution in [-0.4, -0.2) is 21.3 Å². The molecule has 2 aromatic carbocycles. The SMILES string of the molecule is COc1cc(OC)c(CNC(C)c2ccccc2Cl)c(OC)c1. The first kappa shape index (κ1) is 17.4. The molecule has 0 aliphatic heterocycles. The molecule has 0 aliphatic rings. The molecule has 1 atom stereocenters. The Labute approximate surface area is 142 Å². The van der Waals surface area contributed by atoms with E-state index >= 15 is 0 Å². The van der Waals surface area contributed by atoms with Crippen LogP contribution in [0.2, 0.25) is 5.02 Å². The highest BCUT2D eigenvalue weighted by Gasteiger charge is 2.15. The zero-order chi connectivity index (χ0) is 16.8. The third kappa shape index (κ3) is 4.09. The summed E-state index contributed by atoms with van der Waals surface area (Å²) >= 11 is 6.25. The average molecular weight is 336 g/mol. The molecule has 23 heavy (non-hydrogen) atoms. The Hall–Kier alpha value is -1.91. The van der Waals surface area contributed by atoms with Gasteiger partial charge in [0.1, 0.15) is 17.2 Å². The summed E-state index contributed by atoms with van der Waals surface area (Å²) < 4.78 is 16.2. The summed E-state index contributed by atoms with van der Waals surface area (Å²) in [5.74, 6) is 2.14. The highest BCUT2D eigenvalue weighted by Crippen LogP contribution is 2.34. The van der Waals surface area contributed by atoms with Crippen molar-refractivity contribution in [3.8, 4) is 17.2 Å². The van der Waals surface area contributed by atoms with E-state index in [1.807, 2.05) is 36.4 Å². The van der Waals surface area contributed by atoms with E-state index in [0.29, 0.717) is 12.3 Å². The monoisotopic (exact) mass is 335 g/mol. The molecule has 0 aliphatic carbocycles. The van der Waals surface area contributed by atoms with Crippen LogP contribution in [-0.2, 0) is 6.54 Å². The molecule has 0 saturated carbocycles. The lowest BCUT2D eigenvalue weighted by atomic mass is 10.1. The van der Waals surface area contributed by atoms with Crippen molar-refractivity contribution in [1.29, 1.82) is 0 Å². The van der Waals surface area contributed by atoms with Gasteiger partial charge in [-0.3, -0.25) is 0 Å². The van der Waals surface area contributed by atoms with E-state index < -0.39 is 0 Å². The van der Waals surface area contributed by atoms with Crippen molar-refractivity contribution in [3.05, 3.63) is 52.5 Å². The van der Waals surface area contributed by atoms with Crippen LogP contribution in [0, 0.1) is 0 Å². The number of hydrogen-bond acceptors (Lipinski definition) is 4. The van der Waals surface area contributed by atoms with Gasteiger partial charge in [0.25, 0.3) is 0 Å². The van der Waals surface area contributed by atoms with Crippen LogP contribution in [0.15, 0.2) is 36.4 Å². The maximum Gasteiger partial charge on any atom is 0.130 e. The van der Waals surface area contributed by atoms with Crippen molar-refractivity contribution in [1.82, 2.24) is 5.32 Å². The van der Waals surface area contributed by atoms with Gasteiger partial charge in [-0.15, -0.1) is 0 Å². The molecule has 5 heteroatoms. The Kier molecular flexibility index (Phi) is 6.13. The van der Waals surface area contributed by atoms with E-state index in [9.17, 15) is 0 Å². The number of nitrogens with one attached hydrogen (secondary N) is 1. The van der Waals surface area contributed by atoms with Gasteiger partial charge in [0.15, 0.2) is 0 Å². The number of methoxy groups -OCH3 is 3. The van der Waals surface area contributed by atoms with Crippen molar-refractivity contribution >= 4 is 11.6 Å². The Morgan fingerprint density at radius 3 is 2.13 bits per heavy atom. The van der Waals surface area contributed by atoms with Gasteiger partial charge in [-0.25, -0.2) is 0 Å². The van der Waals surface area contributed by atoms with Crippen LogP contribution >= 0.6 is 11.6 Å². The highest BCUT2D eigenvalue weighted by atomic mass is 35.5. The summed E-state index contributed by atoms with van der Waals surface area (Å²) in [6.45, 7) is 2.66. The molecule has 2 aromatic rings. The van der Waals surface area contributed by atoms with Crippen LogP contribution in [0.4, 0.5) is 0 Å². The summed E-state index contributed by atoms with van der Waals surface area (Å²) in [5.41, 5.74) is 2.00. The van der Waals surface area contributed by atoms with Crippen molar-refractivity contribution < 1.29 is 14.2 Å². The van der Waals surface area contributed by atoms with E-state index in [4.69, 9.17) is 25.8 Å². The summed E-state index contributed by atoms with van der Waals surface area (Å²) in [6.07, 6.45) is 0. The molecule has 0 amide bonds. The largest absolute Gasteiger partial charge is 0.496 e. The molecule has 1 N–H and O–H groups in total. The first-order valence-electron chi connectivity index (χ1n) is 7.37. The molecule has 124 valence electrons. The summed E-state index contributed by atoms with van der Waals surface area (Å²) in [5, 5.41) is 4.21. The number of ether oxygens (including phenoxy) is 3. The number of hydrogen-bond donors (Lipinski definition) is 1. The van der Waals surface area contributed by atoms with Crippen LogP contribution in [0.1, 0.15) is 24.1 Å². The second-order valence-corrected chi connectivity index (χ2v) is 5.54. The minimum absolute atomic E-state index is 0.0974. The van der Waals surface area contributed by atoms with Gasteiger partial charge in [-0.05, 0) is 18.6 Å².